The van der Waals surface area contributed by atoms with Crippen LogP contribution in [-0.2, 0) is 0 Å². The molecular formula is C15H18F3N3O2. The number of aliphatic hydroxyl groups is 1. The molecule has 2 aliphatic rings. The maximum Gasteiger partial charge on any atom is 0.417 e. The predicted molar refractivity (Wildman–Crippen MR) is 77.0 cm³/mol. The molecule has 8 heteroatoms. The molecular weight excluding hydrogens is 311 g/mol. The van der Waals surface area contributed by atoms with Crippen LogP contribution in [0.2, 0.25) is 0 Å². The second kappa shape index (κ2) is 5.67. The average molecular weight is 329 g/mol. The van der Waals surface area contributed by atoms with Crippen LogP contribution in [0.25, 0.3) is 0 Å². The summed E-state index contributed by atoms with van der Waals surface area (Å²) in [6.07, 6.45) is -1.84. The number of amides is 2. The van der Waals surface area contributed by atoms with Gasteiger partial charge in [-0.2, -0.15) is 13.2 Å². The van der Waals surface area contributed by atoms with Crippen LogP contribution >= 0.6 is 0 Å². The molecule has 0 spiro atoms. The van der Waals surface area contributed by atoms with Gasteiger partial charge < -0.3 is 10.0 Å². The second-order valence-electron chi connectivity index (χ2n) is 6.20. The van der Waals surface area contributed by atoms with E-state index in [0.29, 0.717) is 11.7 Å². The van der Waals surface area contributed by atoms with Gasteiger partial charge in [-0.05, 0) is 36.5 Å². The number of hydrogen-bond donors (Lipinski definition) is 2. The Kier molecular flexibility index (Phi) is 3.95. The number of pyridine rings is 1. The number of likely N-dealkylation sites (tertiary alicyclic amines) is 1. The third-order valence-corrected chi connectivity index (χ3v) is 4.47. The zero-order valence-electron chi connectivity index (χ0n) is 12.4. The highest BCUT2D eigenvalue weighted by atomic mass is 19.4. The molecule has 0 bridgehead atoms. The standard InChI is InChI=1S/C15H18F3N3O2/c16-15(17,18)14(23)4-7-21(8-5-14)13(22)20-12-9-11(3-6-19-12)10-1-2-10/h3,6,9-10,23H,1-2,4-5,7-8H2,(H,19,20,22). The Balaban J connectivity index is 1.58. The quantitative estimate of drug-likeness (QED) is 0.877. The van der Waals surface area contributed by atoms with E-state index in [2.05, 4.69) is 10.3 Å². The summed E-state index contributed by atoms with van der Waals surface area (Å²) in [5.41, 5.74) is -1.59. The van der Waals surface area contributed by atoms with Crippen LogP contribution in [0.3, 0.4) is 0 Å². The van der Waals surface area contributed by atoms with E-state index < -0.39 is 30.7 Å². The average Bonchev–Trinajstić information content (AvgIpc) is 3.31. The number of anilines is 1. The maximum absolute atomic E-state index is 12.7. The summed E-state index contributed by atoms with van der Waals surface area (Å²) in [6, 6.07) is 3.21. The molecule has 2 amide bonds. The minimum Gasteiger partial charge on any atom is -0.380 e. The summed E-state index contributed by atoms with van der Waals surface area (Å²) >= 11 is 0. The summed E-state index contributed by atoms with van der Waals surface area (Å²) in [4.78, 5) is 17.5. The first-order valence-corrected chi connectivity index (χ1v) is 7.59. The third kappa shape index (κ3) is 3.41. The summed E-state index contributed by atoms with van der Waals surface area (Å²) in [7, 11) is 0. The van der Waals surface area contributed by atoms with E-state index in [0.717, 1.165) is 18.4 Å². The van der Waals surface area contributed by atoms with E-state index in [1.807, 2.05) is 6.07 Å². The van der Waals surface area contributed by atoms with Gasteiger partial charge in [0.25, 0.3) is 0 Å². The summed E-state index contributed by atoms with van der Waals surface area (Å²) < 4.78 is 38.2. The minimum absolute atomic E-state index is 0.149. The van der Waals surface area contributed by atoms with Crippen molar-refractivity contribution in [3.63, 3.8) is 0 Å². The zero-order chi connectivity index (χ0) is 16.7. The number of halogens is 3. The van der Waals surface area contributed by atoms with Gasteiger partial charge in [0, 0.05) is 32.1 Å². The van der Waals surface area contributed by atoms with E-state index in [1.54, 1.807) is 12.3 Å². The number of rotatable bonds is 2. The molecule has 1 aromatic heterocycles. The number of carbonyl (C=O) groups excluding carboxylic acids is 1. The zero-order valence-corrected chi connectivity index (χ0v) is 12.4. The molecule has 3 rings (SSSR count). The maximum atomic E-state index is 12.7. The number of nitrogens with zero attached hydrogens (tertiary/aromatic N) is 2. The van der Waals surface area contributed by atoms with Crippen LogP contribution in [0.4, 0.5) is 23.8 Å². The van der Waals surface area contributed by atoms with E-state index in [4.69, 9.17) is 0 Å². The number of aromatic nitrogens is 1. The Morgan fingerprint density at radius 2 is 2.00 bits per heavy atom. The number of piperidine rings is 1. The smallest absolute Gasteiger partial charge is 0.380 e. The molecule has 5 nitrogen and oxygen atoms in total. The van der Waals surface area contributed by atoms with Crippen molar-refractivity contribution in [3.05, 3.63) is 23.9 Å². The lowest BCUT2D eigenvalue weighted by Crippen LogP contribution is -2.55. The Morgan fingerprint density at radius 1 is 1.35 bits per heavy atom. The molecule has 1 saturated carbocycles. The van der Waals surface area contributed by atoms with Gasteiger partial charge >= 0.3 is 12.2 Å². The molecule has 1 saturated heterocycles. The van der Waals surface area contributed by atoms with Crippen molar-refractivity contribution in [2.24, 2.45) is 0 Å². The summed E-state index contributed by atoms with van der Waals surface area (Å²) in [6.45, 7) is -0.297. The fourth-order valence-electron chi connectivity index (χ4n) is 2.74. The van der Waals surface area contributed by atoms with Crippen molar-refractivity contribution in [1.29, 1.82) is 0 Å². The predicted octanol–water partition coefficient (Wildman–Crippen LogP) is 2.88. The largest absolute Gasteiger partial charge is 0.417 e. The third-order valence-electron chi connectivity index (χ3n) is 4.47. The second-order valence-corrected chi connectivity index (χ2v) is 6.20. The van der Waals surface area contributed by atoms with Gasteiger partial charge in [0.1, 0.15) is 5.82 Å². The van der Waals surface area contributed by atoms with Gasteiger partial charge in [0.2, 0.25) is 0 Å². The molecule has 0 unspecified atom stereocenters. The number of urea groups is 1. The highest BCUT2D eigenvalue weighted by molar-refractivity contribution is 5.88. The van der Waals surface area contributed by atoms with Gasteiger partial charge in [-0.1, -0.05) is 0 Å². The monoisotopic (exact) mass is 329 g/mol. The van der Waals surface area contributed by atoms with Crippen LogP contribution in [0.5, 0.6) is 0 Å². The van der Waals surface area contributed by atoms with Gasteiger partial charge in [0.05, 0.1) is 0 Å². The molecule has 0 aromatic carbocycles. The molecule has 2 fully saturated rings. The highest BCUT2D eigenvalue weighted by Gasteiger charge is 2.54. The summed E-state index contributed by atoms with van der Waals surface area (Å²) in [5, 5.41) is 12.2. The molecule has 1 aliphatic heterocycles. The highest BCUT2D eigenvalue weighted by Crippen LogP contribution is 2.40. The van der Waals surface area contributed by atoms with Gasteiger partial charge in [-0.15, -0.1) is 0 Å². The minimum atomic E-state index is -4.67. The van der Waals surface area contributed by atoms with Crippen molar-refractivity contribution in [2.75, 3.05) is 18.4 Å². The Morgan fingerprint density at radius 3 is 2.57 bits per heavy atom. The van der Waals surface area contributed by atoms with E-state index in [9.17, 15) is 23.1 Å². The first-order valence-electron chi connectivity index (χ1n) is 7.59. The van der Waals surface area contributed by atoms with Crippen LogP contribution in [0, 0.1) is 0 Å². The van der Waals surface area contributed by atoms with Crippen molar-refractivity contribution in [3.8, 4) is 0 Å². The number of nitrogens with one attached hydrogen (secondary N) is 1. The van der Waals surface area contributed by atoms with Crippen LogP contribution < -0.4 is 5.32 Å². The van der Waals surface area contributed by atoms with Crippen molar-refractivity contribution in [1.82, 2.24) is 9.88 Å². The molecule has 0 atom stereocenters. The normalized spacial score (nSPS) is 21.1. The van der Waals surface area contributed by atoms with E-state index in [-0.39, 0.29) is 13.1 Å². The summed E-state index contributed by atoms with van der Waals surface area (Å²) in [5.74, 6) is 0.918. The Bertz CT molecular complexity index is 594. The van der Waals surface area contributed by atoms with Crippen LogP contribution in [-0.4, -0.2) is 45.9 Å². The molecule has 23 heavy (non-hydrogen) atoms. The Hall–Kier alpha value is -1.83. The van der Waals surface area contributed by atoms with Gasteiger partial charge in [0.15, 0.2) is 5.60 Å². The number of hydrogen-bond acceptors (Lipinski definition) is 3. The fourth-order valence-corrected chi connectivity index (χ4v) is 2.74. The van der Waals surface area contributed by atoms with Gasteiger partial charge in [-0.3, -0.25) is 5.32 Å². The molecule has 1 aliphatic carbocycles. The molecule has 1 aromatic rings. The van der Waals surface area contributed by atoms with Crippen molar-refractivity contribution >= 4 is 11.8 Å². The SMILES string of the molecule is O=C(Nc1cc(C2CC2)ccn1)N1CCC(O)(C(F)(F)F)CC1. The van der Waals surface area contributed by atoms with E-state index in [1.165, 1.54) is 4.90 Å². The Labute approximate surface area is 131 Å². The van der Waals surface area contributed by atoms with Gasteiger partial charge in [-0.25, -0.2) is 9.78 Å². The lowest BCUT2D eigenvalue weighted by Gasteiger charge is -2.38. The van der Waals surface area contributed by atoms with Crippen LogP contribution in [0.15, 0.2) is 18.3 Å². The fraction of sp³-hybridized carbons (Fsp3) is 0.600. The first kappa shape index (κ1) is 16.0. The molecule has 2 heterocycles. The first-order chi connectivity index (χ1) is 10.8. The lowest BCUT2D eigenvalue weighted by atomic mass is 9.91. The lowest BCUT2D eigenvalue weighted by molar-refractivity contribution is -0.271. The topological polar surface area (TPSA) is 65.5 Å². The molecule has 0 radical (unpaired) electrons. The number of alkyl halides is 3. The number of carbonyl (C=O) groups is 1. The van der Waals surface area contributed by atoms with Crippen LogP contribution in [0.1, 0.15) is 37.2 Å². The van der Waals surface area contributed by atoms with Crippen molar-refractivity contribution < 1.29 is 23.1 Å². The van der Waals surface area contributed by atoms with E-state index >= 15 is 0 Å². The molecule has 2 N–H and O–H groups in total. The van der Waals surface area contributed by atoms with Crippen molar-refractivity contribution in [2.45, 2.75) is 43.4 Å². The molecule has 126 valence electrons.